The zero-order valence-corrected chi connectivity index (χ0v) is 12.5. The lowest BCUT2D eigenvalue weighted by atomic mass is 10.1. The number of hydrogen-bond acceptors (Lipinski definition) is 4. The maximum Gasteiger partial charge on any atom is 0.222 e. The number of amides is 1. The van der Waals surface area contributed by atoms with Crippen molar-refractivity contribution in [1.29, 1.82) is 0 Å². The second-order valence-electron chi connectivity index (χ2n) is 5.49. The van der Waals surface area contributed by atoms with Gasteiger partial charge in [0, 0.05) is 38.5 Å². The molecule has 2 N–H and O–H groups in total. The molecule has 1 unspecified atom stereocenters. The lowest BCUT2D eigenvalue weighted by molar-refractivity contribution is -0.132. The van der Waals surface area contributed by atoms with Crippen LogP contribution in [-0.4, -0.2) is 41.6 Å². The van der Waals surface area contributed by atoms with E-state index in [1.54, 1.807) is 6.20 Å². The highest BCUT2D eigenvalue weighted by Crippen LogP contribution is 2.18. The molecule has 2 rings (SSSR count). The monoisotopic (exact) mass is 291 g/mol. The fraction of sp³-hybridized carbons (Fsp3) is 0.625. The summed E-state index contributed by atoms with van der Waals surface area (Å²) in [4.78, 5) is 18.4. The fourth-order valence-corrected chi connectivity index (χ4v) is 2.60. The average Bonchev–Trinajstić information content (AvgIpc) is 3.03. The molecule has 1 fully saturated rings. The highest BCUT2D eigenvalue weighted by atomic mass is 16.5. The van der Waals surface area contributed by atoms with Gasteiger partial charge in [-0.05, 0) is 43.9 Å². The van der Waals surface area contributed by atoms with Gasteiger partial charge in [0.15, 0.2) is 0 Å². The van der Waals surface area contributed by atoms with Crippen LogP contribution in [0.15, 0.2) is 24.5 Å². The molecule has 1 saturated heterocycles. The van der Waals surface area contributed by atoms with Gasteiger partial charge in [0.05, 0.1) is 6.10 Å². The Morgan fingerprint density at radius 2 is 2.43 bits per heavy atom. The Kier molecular flexibility index (Phi) is 6.63. The van der Waals surface area contributed by atoms with Crippen LogP contribution in [0.25, 0.3) is 0 Å². The summed E-state index contributed by atoms with van der Waals surface area (Å²) in [5, 5.41) is 0. The predicted octanol–water partition coefficient (Wildman–Crippen LogP) is 1.72. The smallest absolute Gasteiger partial charge is 0.222 e. The van der Waals surface area contributed by atoms with Crippen LogP contribution in [0.3, 0.4) is 0 Å². The Bertz CT molecular complexity index is 419. The summed E-state index contributed by atoms with van der Waals surface area (Å²) >= 11 is 0. The van der Waals surface area contributed by atoms with E-state index < -0.39 is 0 Å². The minimum absolute atomic E-state index is 0.183. The molecule has 116 valence electrons. The largest absolute Gasteiger partial charge is 0.378 e. The van der Waals surface area contributed by atoms with Crippen molar-refractivity contribution in [2.75, 3.05) is 19.7 Å². The molecule has 0 spiro atoms. The van der Waals surface area contributed by atoms with Crippen LogP contribution in [0.2, 0.25) is 0 Å². The van der Waals surface area contributed by atoms with Crippen molar-refractivity contribution in [1.82, 2.24) is 9.88 Å². The van der Waals surface area contributed by atoms with E-state index in [1.165, 1.54) is 0 Å². The molecule has 1 amide bonds. The summed E-state index contributed by atoms with van der Waals surface area (Å²) in [5.41, 5.74) is 6.63. The first kappa shape index (κ1) is 15.9. The summed E-state index contributed by atoms with van der Waals surface area (Å²) in [7, 11) is 0. The quantitative estimate of drug-likeness (QED) is 0.792. The standard InChI is InChI=1S/C16H25N3O2/c17-8-3-10-19(13-14-4-1-9-18-12-14)16(20)7-6-15-5-2-11-21-15/h1,4,9,12,15H,2-3,5-8,10-11,13,17H2. The average molecular weight is 291 g/mol. The van der Waals surface area contributed by atoms with E-state index in [-0.39, 0.29) is 12.0 Å². The van der Waals surface area contributed by atoms with Gasteiger partial charge >= 0.3 is 0 Å². The van der Waals surface area contributed by atoms with Crippen LogP contribution in [0, 0.1) is 0 Å². The van der Waals surface area contributed by atoms with Crippen LogP contribution in [0.5, 0.6) is 0 Å². The van der Waals surface area contributed by atoms with Gasteiger partial charge in [-0.1, -0.05) is 6.07 Å². The van der Waals surface area contributed by atoms with Gasteiger partial charge in [-0.15, -0.1) is 0 Å². The van der Waals surface area contributed by atoms with Gasteiger partial charge in [0.1, 0.15) is 0 Å². The van der Waals surface area contributed by atoms with Crippen LogP contribution in [-0.2, 0) is 16.1 Å². The number of pyridine rings is 1. The number of nitrogens with two attached hydrogens (primary N) is 1. The SMILES string of the molecule is NCCCN(Cc1cccnc1)C(=O)CCC1CCCO1. The molecule has 1 aliphatic heterocycles. The van der Waals surface area contributed by atoms with Crippen molar-refractivity contribution >= 4 is 5.91 Å². The van der Waals surface area contributed by atoms with Crippen molar-refractivity contribution in [3.05, 3.63) is 30.1 Å². The summed E-state index contributed by atoms with van der Waals surface area (Å²) in [6, 6.07) is 3.89. The Labute approximate surface area is 126 Å². The summed E-state index contributed by atoms with van der Waals surface area (Å²) < 4.78 is 5.58. The van der Waals surface area contributed by atoms with Gasteiger partial charge in [-0.3, -0.25) is 9.78 Å². The third kappa shape index (κ3) is 5.44. The summed E-state index contributed by atoms with van der Waals surface area (Å²) in [6.07, 6.45) is 8.22. The van der Waals surface area contributed by atoms with Crippen LogP contribution in [0.1, 0.15) is 37.7 Å². The van der Waals surface area contributed by atoms with Crippen molar-refractivity contribution in [2.45, 2.75) is 44.8 Å². The first-order valence-electron chi connectivity index (χ1n) is 7.78. The van der Waals surface area contributed by atoms with Crippen LogP contribution < -0.4 is 5.73 Å². The van der Waals surface area contributed by atoms with Gasteiger partial charge in [0.25, 0.3) is 0 Å². The first-order chi connectivity index (χ1) is 10.3. The highest BCUT2D eigenvalue weighted by molar-refractivity contribution is 5.76. The fourth-order valence-electron chi connectivity index (χ4n) is 2.60. The molecule has 2 heterocycles. The molecule has 1 aromatic heterocycles. The molecular formula is C16H25N3O2. The Morgan fingerprint density at radius 1 is 1.52 bits per heavy atom. The maximum atomic E-state index is 12.4. The van der Waals surface area contributed by atoms with E-state index >= 15 is 0 Å². The van der Waals surface area contributed by atoms with Crippen molar-refractivity contribution in [3.63, 3.8) is 0 Å². The van der Waals surface area contributed by atoms with Gasteiger partial charge in [-0.25, -0.2) is 0 Å². The third-order valence-electron chi connectivity index (χ3n) is 3.79. The number of aromatic nitrogens is 1. The number of ether oxygens (including phenoxy) is 1. The molecule has 0 radical (unpaired) electrons. The number of carbonyl (C=O) groups is 1. The van der Waals surface area contributed by atoms with E-state index in [0.29, 0.717) is 26.1 Å². The molecule has 0 bridgehead atoms. The van der Waals surface area contributed by atoms with E-state index in [1.807, 2.05) is 23.2 Å². The van der Waals surface area contributed by atoms with Gasteiger partial charge in [-0.2, -0.15) is 0 Å². The molecule has 1 aromatic rings. The van der Waals surface area contributed by atoms with E-state index in [2.05, 4.69) is 4.98 Å². The van der Waals surface area contributed by atoms with Gasteiger partial charge < -0.3 is 15.4 Å². The minimum atomic E-state index is 0.183. The zero-order chi connectivity index (χ0) is 14.9. The maximum absolute atomic E-state index is 12.4. The van der Waals surface area contributed by atoms with Crippen molar-refractivity contribution in [3.8, 4) is 0 Å². The van der Waals surface area contributed by atoms with Gasteiger partial charge in [0.2, 0.25) is 5.91 Å². The van der Waals surface area contributed by atoms with E-state index in [0.717, 1.165) is 37.9 Å². The van der Waals surface area contributed by atoms with Crippen molar-refractivity contribution in [2.24, 2.45) is 5.73 Å². The second kappa shape index (κ2) is 8.74. The number of carbonyl (C=O) groups excluding carboxylic acids is 1. The van der Waals surface area contributed by atoms with Crippen molar-refractivity contribution < 1.29 is 9.53 Å². The van der Waals surface area contributed by atoms with Crippen LogP contribution in [0.4, 0.5) is 0 Å². The Morgan fingerprint density at radius 3 is 3.10 bits per heavy atom. The molecule has 5 heteroatoms. The second-order valence-corrected chi connectivity index (χ2v) is 5.49. The lowest BCUT2D eigenvalue weighted by Gasteiger charge is -2.23. The van der Waals surface area contributed by atoms with E-state index in [4.69, 9.17) is 10.5 Å². The number of hydrogen-bond donors (Lipinski definition) is 1. The number of nitrogens with zero attached hydrogens (tertiary/aromatic N) is 2. The molecule has 1 aliphatic rings. The third-order valence-corrected chi connectivity index (χ3v) is 3.79. The molecular weight excluding hydrogens is 266 g/mol. The summed E-state index contributed by atoms with van der Waals surface area (Å²) in [6.45, 7) is 2.75. The molecule has 21 heavy (non-hydrogen) atoms. The molecule has 5 nitrogen and oxygen atoms in total. The molecule has 1 atom stereocenters. The lowest BCUT2D eigenvalue weighted by Crippen LogP contribution is -2.33. The first-order valence-corrected chi connectivity index (χ1v) is 7.78. The Hall–Kier alpha value is -1.46. The molecule has 0 aromatic carbocycles. The zero-order valence-electron chi connectivity index (χ0n) is 12.5. The predicted molar refractivity (Wildman–Crippen MR) is 81.5 cm³/mol. The molecule has 0 aliphatic carbocycles. The molecule has 0 saturated carbocycles. The normalized spacial score (nSPS) is 17.9. The van der Waals surface area contributed by atoms with Crippen LogP contribution >= 0.6 is 0 Å². The Balaban J connectivity index is 1.86. The van der Waals surface area contributed by atoms with E-state index in [9.17, 15) is 4.79 Å². The minimum Gasteiger partial charge on any atom is -0.378 e. The summed E-state index contributed by atoms with van der Waals surface area (Å²) in [5.74, 6) is 0.183. The number of rotatable bonds is 8. The topological polar surface area (TPSA) is 68.5 Å². The highest BCUT2D eigenvalue weighted by Gasteiger charge is 2.19.